The average molecular weight is 380 g/mol. The normalized spacial score (nSPS) is 18.3. The van der Waals surface area contributed by atoms with Crippen LogP contribution in [0.5, 0.6) is 11.5 Å². The van der Waals surface area contributed by atoms with Crippen molar-refractivity contribution in [1.29, 1.82) is 0 Å². The van der Waals surface area contributed by atoms with Gasteiger partial charge in [0.25, 0.3) is 0 Å². The minimum absolute atomic E-state index is 0.0904. The van der Waals surface area contributed by atoms with Crippen molar-refractivity contribution in [3.8, 4) is 11.5 Å². The lowest BCUT2D eigenvalue weighted by Gasteiger charge is -2.26. The number of benzene rings is 1. The minimum Gasteiger partial charge on any atom is -0.490 e. The number of amides is 1. The molecule has 1 heterocycles. The van der Waals surface area contributed by atoms with Crippen LogP contribution in [0, 0.1) is 5.92 Å². The Balaban J connectivity index is 2.13. The summed E-state index contributed by atoms with van der Waals surface area (Å²) < 4.78 is 16.8. The van der Waals surface area contributed by atoms with E-state index in [-0.39, 0.29) is 18.1 Å². The van der Waals surface area contributed by atoms with E-state index in [0.29, 0.717) is 32.1 Å². The van der Waals surface area contributed by atoms with E-state index in [9.17, 15) is 4.79 Å². The Morgan fingerprint density at radius 2 is 1.93 bits per heavy atom. The fourth-order valence-electron chi connectivity index (χ4n) is 3.32. The Morgan fingerprint density at radius 1 is 1.26 bits per heavy atom. The zero-order chi connectivity index (χ0) is 20.0. The summed E-state index contributed by atoms with van der Waals surface area (Å²) in [7, 11) is 0. The van der Waals surface area contributed by atoms with Crippen molar-refractivity contribution in [2.75, 3.05) is 26.3 Å². The van der Waals surface area contributed by atoms with E-state index < -0.39 is 5.60 Å². The molecule has 3 N–H and O–H groups in total. The predicted molar refractivity (Wildman–Crippen MR) is 105 cm³/mol. The molecule has 27 heavy (non-hydrogen) atoms. The molecule has 152 valence electrons. The van der Waals surface area contributed by atoms with E-state index in [2.05, 4.69) is 5.43 Å². The fraction of sp³-hybridized carbons (Fsp3) is 0.650. The lowest BCUT2D eigenvalue weighted by molar-refractivity contribution is 0.0285. The molecule has 1 fully saturated rings. The molecule has 2 rings (SSSR count). The summed E-state index contributed by atoms with van der Waals surface area (Å²) in [4.78, 5) is 14.1. The van der Waals surface area contributed by atoms with Gasteiger partial charge in [-0.15, -0.1) is 0 Å². The molecule has 1 aromatic rings. The highest BCUT2D eigenvalue weighted by molar-refractivity contribution is 5.68. The van der Waals surface area contributed by atoms with Crippen molar-refractivity contribution in [3.63, 3.8) is 0 Å². The summed E-state index contributed by atoms with van der Waals surface area (Å²) in [5.74, 6) is 7.49. The summed E-state index contributed by atoms with van der Waals surface area (Å²) in [5, 5.41) is 0. The largest absolute Gasteiger partial charge is 0.490 e. The highest BCUT2D eigenvalue weighted by Gasteiger charge is 2.34. The first-order valence-corrected chi connectivity index (χ1v) is 9.62. The topological polar surface area (TPSA) is 86.1 Å². The molecule has 0 spiro atoms. The van der Waals surface area contributed by atoms with Crippen LogP contribution in [0.4, 0.5) is 4.79 Å². The Hall–Kier alpha value is -1.99. The van der Waals surface area contributed by atoms with Crippen molar-refractivity contribution >= 4 is 6.09 Å². The molecule has 0 aromatic heterocycles. The van der Waals surface area contributed by atoms with Gasteiger partial charge < -0.3 is 19.1 Å². The van der Waals surface area contributed by atoms with Crippen LogP contribution in [0.1, 0.15) is 52.6 Å². The van der Waals surface area contributed by atoms with Gasteiger partial charge in [-0.25, -0.2) is 4.79 Å². The number of rotatable bonds is 7. The highest BCUT2D eigenvalue weighted by Crippen LogP contribution is 2.35. The third-order valence-electron chi connectivity index (χ3n) is 4.45. The average Bonchev–Trinajstić information content (AvgIpc) is 3.06. The van der Waals surface area contributed by atoms with Crippen molar-refractivity contribution in [2.45, 2.75) is 52.7 Å². The van der Waals surface area contributed by atoms with Gasteiger partial charge in [0.2, 0.25) is 0 Å². The van der Waals surface area contributed by atoms with Crippen LogP contribution in [0.15, 0.2) is 18.2 Å². The second-order valence-corrected chi connectivity index (χ2v) is 7.69. The van der Waals surface area contributed by atoms with E-state index in [4.69, 9.17) is 20.1 Å². The maximum Gasteiger partial charge on any atom is 0.410 e. The standard InChI is InChI=1S/C20H33N3O4/c1-6-25-16-9-8-14(12-17(16)26-7-2)18(22-21)15-10-11-23(13-15)19(24)27-20(3,4)5/h8-9,12,15,18,22H,6-7,10-11,13,21H2,1-5H3. The SMILES string of the molecule is CCOc1ccc(C(NN)C2CCN(C(=O)OC(C)(C)C)C2)cc1OCC. The van der Waals surface area contributed by atoms with E-state index in [0.717, 1.165) is 17.7 Å². The first-order chi connectivity index (χ1) is 12.8. The molecule has 1 aliphatic heterocycles. The molecule has 0 bridgehead atoms. The van der Waals surface area contributed by atoms with E-state index in [1.807, 2.05) is 52.8 Å². The molecule has 1 amide bonds. The third kappa shape index (κ3) is 5.74. The van der Waals surface area contributed by atoms with Crippen LogP contribution in [0.2, 0.25) is 0 Å². The molecule has 1 aliphatic rings. The van der Waals surface area contributed by atoms with Crippen molar-refractivity contribution in [1.82, 2.24) is 10.3 Å². The number of carbonyl (C=O) groups is 1. The fourth-order valence-corrected chi connectivity index (χ4v) is 3.32. The Morgan fingerprint density at radius 3 is 2.52 bits per heavy atom. The van der Waals surface area contributed by atoms with Gasteiger partial charge in [-0.2, -0.15) is 0 Å². The summed E-state index contributed by atoms with van der Waals surface area (Å²) in [5.41, 5.74) is 3.43. The van der Waals surface area contributed by atoms with Gasteiger partial charge in [-0.1, -0.05) is 6.07 Å². The molecule has 7 heteroatoms. The molecular weight excluding hydrogens is 346 g/mol. The summed E-state index contributed by atoms with van der Waals surface area (Å²) in [6.45, 7) is 11.9. The van der Waals surface area contributed by atoms with Crippen LogP contribution in [0.25, 0.3) is 0 Å². The van der Waals surface area contributed by atoms with Crippen LogP contribution < -0.4 is 20.7 Å². The number of likely N-dealkylation sites (tertiary alicyclic amines) is 1. The second kappa shape index (κ2) is 9.28. The van der Waals surface area contributed by atoms with Crippen molar-refractivity contribution in [2.24, 2.45) is 11.8 Å². The van der Waals surface area contributed by atoms with Crippen LogP contribution in [-0.2, 0) is 4.74 Å². The molecule has 2 atom stereocenters. The van der Waals surface area contributed by atoms with E-state index in [1.165, 1.54) is 0 Å². The highest BCUT2D eigenvalue weighted by atomic mass is 16.6. The van der Waals surface area contributed by atoms with Gasteiger partial charge in [0, 0.05) is 13.1 Å². The Bertz CT molecular complexity index is 630. The Kier molecular flexibility index (Phi) is 7.33. The van der Waals surface area contributed by atoms with Crippen LogP contribution >= 0.6 is 0 Å². The number of nitrogens with zero attached hydrogens (tertiary/aromatic N) is 1. The third-order valence-corrected chi connectivity index (χ3v) is 4.45. The minimum atomic E-state index is -0.498. The first kappa shape index (κ1) is 21.3. The molecular formula is C20H33N3O4. The first-order valence-electron chi connectivity index (χ1n) is 9.62. The van der Waals surface area contributed by atoms with Crippen molar-refractivity contribution in [3.05, 3.63) is 23.8 Å². The Labute approximate surface area is 162 Å². The van der Waals surface area contributed by atoms with E-state index in [1.54, 1.807) is 4.90 Å². The molecule has 1 saturated heterocycles. The lowest BCUT2D eigenvalue weighted by Crippen LogP contribution is -2.38. The number of hydrazine groups is 1. The number of carbonyl (C=O) groups excluding carboxylic acids is 1. The number of hydrogen-bond acceptors (Lipinski definition) is 6. The van der Waals surface area contributed by atoms with Gasteiger partial charge in [-0.3, -0.25) is 11.3 Å². The number of ether oxygens (including phenoxy) is 3. The number of nitrogens with two attached hydrogens (primary N) is 1. The molecule has 2 unspecified atom stereocenters. The molecule has 1 aromatic carbocycles. The molecule has 7 nitrogen and oxygen atoms in total. The summed E-state index contributed by atoms with van der Waals surface area (Å²) in [6.07, 6.45) is 0.577. The van der Waals surface area contributed by atoms with Gasteiger partial charge in [0.05, 0.1) is 19.3 Å². The van der Waals surface area contributed by atoms with Gasteiger partial charge in [0.15, 0.2) is 11.5 Å². The molecule has 0 saturated carbocycles. The molecule has 0 radical (unpaired) electrons. The summed E-state index contributed by atoms with van der Waals surface area (Å²) in [6, 6.07) is 5.78. The monoisotopic (exact) mass is 379 g/mol. The quantitative estimate of drug-likeness (QED) is 0.559. The maximum absolute atomic E-state index is 12.3. The van der Waals surface area contributed by atoms with E-state index >= 15 is 0 Å². The van der Waals surface area contributed by atoms with Crippen LogP contribution in [0.3, 0.4) is 0 Å². The second-order valence-electron chi connectivity index (χ2n) is 7.69. The zero-order valence-corrected chi connectivity index (χ0v) is 17.1. The van der Waals surface area contributed by atoms with Crippen LogP contribution in [-0.4, -0.2) is 42.9 Å². The number of nitrogens with one attached hydrogen (secondary N) is 1. The summed E-state index contributed by atoms with van der Waals surface area (Å²) >= 11 is 0. The van der Waals surface area contributed by atoms with Gasteiger partial charge in [0.1, 0.15) is 5.60 Å². The number of hydrogen-bond donors (Lipinski definition) is 2. The molecule has 0 aliphatic carbocycles. The predicted octanol–water partition coefficient (Wildman–Crippen LogP) is 3.25. The zero-order valence-electron chi connectivity index (χ0n) is 17.1. The van der Waals surface area contributed by atoms with Crippen molar-refractivity contribution < 1.29 is 19.0 Å². The maximum atomic E-state index is 12.3. The van der Waals surface area contributed by atoms with Gasteiger partial charge in [-0.05, 0) is 64.7 Å². The van der Waals surface area contributed by atoms with Gasteiger partial charge >= 0.3 is 6.09 Å². The lowest BCUT2D eigenvalue weighted by atomic mass is 9.92. The smallest absolute Gasteiger partial charge is 0.410 e.